The maximum atomic E-state index is 13.2. The van der Waals surface area contributed by atoms with Crippen LogP contribution in [0.2, 0.25) is 0 Å². The van der Waals surface area contributed by atoms with E-state index in [1.807, 2.05) is 45.0 Å². The fourth-order valence-corrected chi connectivity index (χ4v) is 4.77. The molecular weight excluding hydrogens is 448 g/mol. The Labute approximate surface area is 205 Å². The molecule has 1 fully saturated rings. The highest BCUT2D eigenvalue weighted by molar-refractivity contribution is 7.99. The zero-order chi connectivity index (χ0) is 24.1. The molecule has 0 spiro atoms. The second kappa shape index (κ2) is 11.1. The monoisotopic (exact) mass is 480 g/mol. The second-order valence-corrected chi connectivity index (χ2v) is 9.93. The van der Waals surface area contributed by atoms with Crippen LogP contribution in [0.3, 0.4) is 0 Å². The lowest BCUT2D eigenvalue weighted by molar-refractivity contribution is -0.130. The van der Waals surface area contributed by atoms with Crippen molar-refractivity contribution in [3.05, 3.63) is 59.2 Å². The molecule has 0 N–H and O–H groups in total. The summed E-state index contributed by atoms with van der Waals surface area (Å²) in [6.07, 6.45) is 2.12. The molecule has 1 amide bonds. The van der Waals surface area contributed by atoms with Gasteiger partial charge in [-0.3, -0.25) is 4.79 Å². The lowest BCUT2D eigenvalue weighted by Gasteiger charge is -2.25. The van der Waals surface area contributed by atoms with Crippen molar-refractivity contribution in [1.29, 1.82) is 0 Å². The smallest absolute Gasteiger partial charge is 0.277 e. The Hall–Kier alpha value is -2.84. The molecule has 1 aliphatic rings. The largest absolute Gasteiger partial charge is 0.411 e. The molecule has 34 heavy (non-hydrogen) atoms. The average molecular weight is 481 g/mol. The first-order chi connectivity index (χ1) is 16.4. The van der Waals surface area contributed by atoms with E-state index >= 15 is 0 Å². The van der Waals surface area contributed by atoms with Crippen molar-refractivity contribution < 1.29 is 13.9 Å². The number of aromatic nitrogens is 2. The van der Waals surface area contributed by atoms with Crippen LogP contribution in [-0.2, 0) is 16.1 Å². The third kappa shape index (κ3) is 6.39. The van der Waals surface area contributed by atoms with E-state index < -0.39 is 0 Å². The van der Waals surface area contributed by atoms with Crippen LogP contribution < -0.4 is 4.90 Å². The van der Waals surface area contributed by atoms with Crippen molar-refractivity contribution in [2.75, 3.05) is 37.9 Å². The highest BCUT2D eigenvalue weighted by atomic mass is 32.2. The van der Waals surface area contributed by atoms with Gasteiger partial charge in [0.1, 0.15) is 0 Å². The van der Waals surface area contributed by atoms with Crippen molar-refractivity contribution in [3.63, 3.8) is 0 Å². The molecule has 2 aromatic carbocycles. The fraction of sp³-hybridized carbons (Fsp3) is 0.423. The number of anilines is 1. The summed E-state index contributed by atoms with van der Waals surface area (Å²) in [5.41, 5.74) is 5.40. The summed E-state index contributed by atoms with van der Waals surface area (Å²) in [6.45, 7) is 5.98. The molecule has 4 rings (SSSR count). The molecule has 1 saturated heterocycles. The standard InChI is InChI=1S/C26H32N4O3S/c1-18-12-19(2)14-21(13-18)25-27-28-26(33-25)34-17-24(31)30(16-23-6-5-11-32-23)15-20-7-9-22(10-8-20)29(3)4/h7-10,12-14,23H,5-6,11,15-17H2,1-4H3/t23-/m1/s1. The van der Waals surface area contributed by atoms with Gasteiger partial charge in [0.15, 0.2) is 0 Å². The van der Waals surface area contributed by atoms with Crippen molar-refractivity contribution in [2.45, 2.75) is 44.6 Å². The fourth-order valence-electron chi connectivity index (χ4n) is 4.11. The zero-order valence-electron chi connectivity index (χ0n) is 20.3. The Morgan fingerprint density at radius 1 is 1.09 bits per heavy atom. The second-order valence-electron chi connectivity index (χ2n) is 9.01. The highest BCUT2D eigenvalue weighted by Gasteiger charge is 2.23. The summed E-state index contributed by atoms with van der Waals surface area (Å²) in [7, 11) is 4.03. The van der Waals surface area contributed by atoms with Crippen LogP contribution in [-0.4, -0.2) is 60.1 Å². The molecule has 7 nitrogen and oxygen atoms in total. The Kier molecular flexibility index (Phi) is 7.90. The molecular formula is C26H32N4O3S. The average Bonchev–Trinajstić information content (AvgIpc) is 3.49. The molecule has 0 unspecified atom stereocenters. The van der Waals surface area contributed by atoms with Gasteiger partial charge in [0.25, 0.3) is 5.22 Å². The Balaban J connectivity index is 1.41. The van der Waals surface area contributed by atoms with Gasteiger partial charge >= 0.3 is 0 Å². The van der Waals surface area contributed by atoms with E-state index in [1.54, 1.807) is 0 Å². The lowest BCUT2D eigenvalue weighted by atomic mass is 10.1. The third-order valence-corrected chi connectivity index (χ3v) is 6.62. The molecule has 1 aromatic heterocycles. The molecule has 1 aliphatic heterocycles. The Morgan fingerprint density at radius 3 is 2.47 bits per heavy atom. The minimum Gasteiger partial charge on any atom is -0.411 e. The van der Waals surface area contributed by atoms with Gasteiger partial charge in [0.05, 0.1) is 11.9 Å². The Morgan fingerprint density at radius 2 is 1.82 bits per heavy atom. The SMILES string of the molecule is Cc1cc(C)cc(-c2nnc(SCC(=O)N(Cc3ccc(N(C)C)cc3)C[C@H]3CCCO3)o2)c1. The van der Waals surface area contributed by atoms with E-state index in [2.05, 4.69) is 45.4 Å². The summed E-state index contributed by atoms with van der Waals surface area (Å²) in [4.78, 5) is 17.1. The minimum atomic E-state index is 0.0309. The number of rotatable bonds is 9. The van der Waals surface area contributed by atoms with Gasteiger partial charge in [-0.1, -0.05) is 41.1 Å². The number of aryl methyl sites for hydroxylation is 2. The molecule has 3 aromatic rings. The molecule has 2 heterocycles. The molecule has 0 aliphatic carbocycles. The van der Waals surface area contributed by atoms with Crippen molar-refractivity contribution in [1.82, 2.24) is 15.1 Å². The van der Waals surface area contributed by atoms with Gasteiger partial charge in [-0.25, -0.2) is 0 Å². The molecule has 0 radical (unpaired) electrons. The number of hydrogen-bond donors (Lipinski definition) is 0. The number of carbonyl (C=O) groups is 1. The zero-order valence-corrected chi connectivity index (χ0v) is 21.1. The number of amides is 1. The van der Waals surface area contributed by atoms with Crippen LogP contribution in [0, 0.1) is 13.8 Å². The van der Waals surface area contributed by atoms with Gasteiger partial charge < -0.3 is 19.0 Å². The van der Waals surface area contributed by atoms with Crippen molar-refractivity contribution in [2.24, 2.45) is 0 Å². The first-order valence-corrected chi connectivity index (χ1v) is 12.6. The van der Waals surface area contributed by atoms with E-state index in [9.17, 15) is 4.79 Å². The minimum absolute atomic E-state index is 0.0309. The maximum absolute atomic E-state index is 13.2. The van der Waals surface area contributed by atoms with Crippen LogP contribution in [0.25, 0.3) is 11.5 Å². The number of nitrogens with zero attached hydrogens (tertiary/aromatic N) is 4. The van der Waals surface area contributed by atoms with Gasteiger partial charge in [0, 0.05) is 45.0 Å². The van der Waals surface area contributed by atoms with Gasteiger partial charge in [-0.15, -0.1) is 10.2 Å². The van der Waals surface area contributed by atoms with E-state index in [0.717, 1.165) is 47.4 Å². The number of thioether (sulfide) groups is 1. The topological polar surface area (TPSA) is 71.7 Å². The van der Waals surface area contributed by atoms with Crippen molar-refractivity contribution >= 4 is 23.4 Å². The highest BCUT2D eigenvalue weighted by Crippen LogP contribution is 2.26. The van der Waals surface area contributed by atoms with Crippen LogP contribution in [0.15, 0.2) is 52.1 Å². The van der Waals surface area contributed by atoms with Crippen molar-refractivity contribution in [3.8, 4) is 11.5 Å². The summed E-state index contributed by atoms with van der Waals surface area (Å²) < 4.78 is 11.6. The number of benzene rings is 2. The summed E-state index contributed by atoms with van der Waals surface area (Å²) in [6, 6.07) is 14.4. The van der Waals surface area contributed by atoms with E-state index in [0.29, 0.717) is 24.2 Å². The Bertz CT molecular complexity index is 1090. The number of ether oxygens (including phenoxy) is 1. The van der Waals surface area contributed by atoms with E-state index in [-0.39, 0.29) is 17.8 Å². The lowest BCUT2D eigenvalue weighted by Crippen LogP contribution is -2.38. The van der Waals surface area contributed by atoms with Gasteiger partial charge in [0.2, 0.25) is 11.8 Å². The summed E-state index contributed by atoms with van der Waals surface area (Å²) >= 11 is 1.28. The maximum Gasteiger partial charge on any atom is 0.277 e. The predicted octanol–water partition coefficient (Wildman–Crippen LogP) is 4.72. The first-order valence-electron chi connectivity index (χ1n) is 11.6. The van der Waals surface area contributed by atoms with Crippen LogP contribution in [0.5, 0.6) is 0 Å². The molecule has 0 saturated carbocycles. The van der Waals surface area contributed by atoms with Crippen LogP contribution in [0.1, 0.15) is 29.5 Å². The van der Waals surface area contributed by atoms with Gasteiger partial charge in [-0.05, 0) is 56.5 Å². The first kappa shape index (κ1) is 24.3. The van der Waals surface area contributed by atoms with Crippen LogP contribution in [0.4, 0.5) is 5.69 Å². The third-order valence-electron chi connectivity index (χ3n) is 5.82. The molecule has 180 valence electrons. The summed E-state index contributed by atoms with van der Waals surface area (Å²) in [5, 5.41) is 8.72. The van der Waals surface area contributed by atoms with E-state index in [4.69, 9.17) is 9.15 Å². The normalized spacial score (nSPS) is 15.5. The quantitative estimate of drug-likeness (QED) is 0.410. The molecule has 1 atom stereocenters. The van der Waals surface area contributed by atoms with E-state index in [1.165, 1.54) is 11.8 Å². The molecule has 8 heteroatoms. The number of carbonyl (C=O) groups excluding carboxylic acids is 1. The predicted molar refractivity (Wildman–Crippen MR) is 135 cm³/mol. The number of hydrogen-bond acceptors (Lipinski definition) is 7. The molecule has 0 bridgehead atoms. The van der Waals surface area contributed by atoms with Gasteiger partial charge in [-0.2, -0.15) is 0 Å². The van der Waals surface area contributed by atoms with Crippen LogP contribution >= 0.6 is 11.8 Å². The summed E-state index contributed by atoms with van der Waals surface area (Å²) in [5.74, 6) is 0.735.